The molecule has 0 radical (unpaired) electrons. The highest BCUT2D eigenvalue weighted by molar-refractivity contribution is 6.04. The van der Waals surface area contributed by atoms with E-state index < -0.39 is 11.5 Å². The molecule has 176 valence electrons. The molecule has 0 fully saturated rings. The van der Waals surface area contributed by atoms with Crippen LogP contribution in [0, 0.1) is 6.92 Å². The Morgan fingerprint density at radius 3 is 2.06 bits per heavy atom. The fraction of sp³-hybridized carbons (Fsp3) is 0.111. The Morgan fingerprint density at radius 2 is 1.34 bits per heavy atom. The first kappa shape index (κ1) is 23.4. The lowest BCUT2D eigenvalue weighted by Gasteiger charge is -2.09. The van der Waals surface area contributed by atoms with Crippen molar-refractivity contribution in [2.24, 2.45) is 0 Å². The van der Waals surface area contributed by atoms with E-state index in [0.717, 1.165) is 5.56 Å². The standard InChI is InChI=1S/C27H23N3O5/c1-17-6-8-19(9-7-17)25(32)30-21-12-10-18(11-13-21)24(31)28-14-15-29-26(33)22-16-20-4-2-3-5-23(20)35-27(22)34/h2-13,16H,14-15H2,1H3,(H,28,31)(H,29,33)(H,30,32). The van der Waals surface area contributed by atoms with Crippen LogP contribution < -0.4 is 21.6 Å². The van der Waals surface area contributed by atoms with Crippen LogP contribution in [0.4, 0.5) is 5.69 Å². The van der Waals surface area contributed by atoms with Crippen LogP contribution in [-0.2, 0) is 0 Å². The van der Waals surface area contributed by atoms with Crippen LogP contribution >= 0.6 is 0 Å². The maximum absolute atomic E-state index is 12.4. The minimum Gasteiger partial charge on any atom is -0.422 e. The second-order valence-corrected chi connectivity index (χ2v) is 7.89. The first-order valence-corrected chi connectivity index (χ1v) is 11.0. The number of rotatable bonds is 7. The van der Waals surface area contributed by atoms with Crippen molar-refractivity contribution in [3.63, 3.8) is 0 Å². The van der Waals surface area contributed by atoms with Gasteiger partial charge in [0.2, 0.25) is 0 Å². The van der Waals surface area contributed by atoms with Crippen molar-refractivity contribution in [1.29, 1.82) is 0 Å². The van der Waals surface area contributed by atoms with Gasteiger partial charge in [0.1, 0.15) is 11.1 Å². The Kier molecular flexibility index (Phi) is 7.02. The molecule has 0 saturated carbocycles. The summed E-state index contributed by atoms with van der Waals surface area (Å²) in [6.45, 7) is 2.24. The smallest absolute Gasteiger partial charge is 0.349 e. The predicted octanol–water partition coefficient (Wildman–Crippen LogP) is 3.51. The highest BCUT2D eigenvalue weighted by Crippen LogP contribution is 2.13. The number of carbonyl (C=O) groups is 3. The van der Waals surface area contributed by atoms with E-state index in [9.17, 15) is 19.2 Å². The molecule has 1 aromatic heterocycles. The van der Waals surface area contributed by atoms with Crippen LogP contribution in [0.5, 0.6) is 0 Å². The quantitative estimate of drug-likeness (QED) is 0.283. The lowest BCUT2D eigenvalue weighted by atomic mass is 10.1. The van der Waals surface area contributed by atoms with Gasteiger partial charge in [0.25, 0.3) is 17.7 Å². The van der Waals surface area contributed by atoms with Crippen molar-refractivity contribution in [2.45, 2.75) is 6.92 Å². The number of benzene rings is 3. The van der Waals surface area contributed by atoms with E-state index in [-0.39, 0.29) is 30.5 Å². The molecule has 3 N–H and O–H groups in total. The maximum Gasteiger partial charge on any atom is 0.349 e. The van der Waals surface area contributed by atoms with Crippen molar-refractivity contribution in [1.82, 2.24) is 10.6 Å². The average molecular weight is 469 g/mol. The first-order chi connectivity index (χ1) is 16.9. The van der Waals surface area contributed by atoms with Crippen LogP contribution in [-0.4, -0.2) is 30.8 Å². The van der Waals surface area contributed by atoms with Gasteiger partial charge in [0, 0.05) is 35.3 Å². The maximum atomic E-state index is 12.4. The molecule has 0 atom stereocenters. The zero-order valence-electron chi connectivity index (χ0n) is 19.0. The number of aryl methyl sites for hydroxylation is 1. The summed E-state index contributed by atoms with van der Waals surface area (Å²) in [4.78, 5) is 49.1. The molecule has 0 bridgehead atoms. The molecule has 4 rings (SSSR count). The van der Waals surface area contributed by atoms with Crippen LogP contribution in [0.3, 0.4) is 0 Å². The Hall–Kier alpha value is -4.72. The summed E-state index contributed by atoms with van der Waals surface area (Å²) in [6.07, 6.45) is 0. The fourth-order valence-corrected chi connectivity index (χ4v) is 3.38. The molecule has 0 saturated heterocycles. The molecule has 8 nitrogen and oxygen atoms in total. The van der Waals surface area contributed by atoms with Gasteiger partial charge < -0.3 is 20.4 Å². The molecule has 0 aliphatic heterocycles. The second-order valence-electron chi connectivity index (χ2n) is 7.89. The third kappa shape index (κ3) is 5.80. The average Bonchev–Trinajstić information content (AvgIpc) is 2.86. The van der Waals surface area contributed by atoms with E-state index in [1.54, 1.807) is 60.7 Å². The summed E-state index contributed by atoms with van der Waals surface area (Å²) in [5.41, 5.74) is 2.16. The van der Waals surface area contributed by atoms with E-state index in [1.165, 1.54) is 6.07 Å². The normalized spacial score (nSPS) is 10.5. The van der Waals surface area contributed by atoms with Gasteiger partial charge in [-0.15, -0.1) is 0 Å². The van der Waals surface area contributed by atoms with Gasteiger partial charge in [-0.25, -0.2) is 4.79 Å². The fourth-order valence-electron chi connectivity index (χ4n) is 3.38. The van der Waals surface area contributed by atoms with Crippen LogP contribution in [0.15, 0.2) is 88.1 Å². The Morgan fingerprint density at radius 1 is 0.743 bits per heavy atom. The van der Waals surface area contributed by atoms with E-state index in [0.29, 0.717) is 27.8 Å². The number of para-hydroxylation sites is 1. The van der Waals surface area contributed by atoms with Gasteiger partial charge >= 0.3 is 5.63 Å². The van der Waals surface area contributed by atoms with Crippen LogP contribution in [0.1, 0.15) is 36.6 Å². The Labute approximate surface area is 201 Å². The number of anilines is 1. The second kappa shape index (κ2) is 10.5. The number of hydrogen-bond acceptors (Lipinski definition) is 5. The molecule has 35 heavy (non-hydrogen) atoms. The number of carbonyl (C=O) groups excluding carboxylic acids is 3. The van der Waals surface area contributed by atoms with E-state index in [1.807, 2.05) is 19.1 Å². The summed E-state index contributed by atoms with van der Waals surface area (Å²) < 4.78 is 5.17. The summed E-state index contributed by atoms with van der Waals surface area (Å²) in [7, 11) is 0. The summed E-state index contributed by atoms with van der Waals surface area (Å²) >= 11 is 0. The lowest BCUT2D eigenvalue weighted by Crippen LogP contribution is -2.36. The highest BCUT2D eigenvalue weighted by Gasteiger charge is 2.13. The van der Waals surface area contributed by atoms with Crippen molar-refractivity contribution in [3.05, 3.63) is 112 Å². The molecule has 1 heterocycles. The molecule has 3 amide bonds. The SMILES string of the molecule is Cc1ccc(C(=O)Nc2ccc(C(=O)NCCNC(=O)c3cc4ccccc4oc3=O)cc2)cc1. The Bertz CT molecular complexity index is 1440. The Balaban J connectivity index is 1.26. The minimum absolute atomic E-state index is 0.0988. The van der Waals surface area contributed by atoms with Gasteiger partial charge in [-0.3, -0.25) is 14.4 Å². The van der Waals surface area contributed by atoms with E-state index >= 15 is 0 Å². The van der Waals surface area contributed by atoms with Crippen molar-refractivity contribution < 1.29 is 18.8 Å². The topological polar surface area (TPSA) is 118 Å². The summed E-state index contributed by atoms with van der Waals surface area (Å²) in [6, 6.07) is 22.1. The summed E-state index contributed by atoms with van der Waals surface area (Å²) in [5.74, 6) is -1.15. The van der Waals surface area contributed by atoms with Crippen molar-refractivity contribution >= 4 is 34.4 Å². The molecular formula is C27H23N3O5. The molecule has 8 heteroatoms. The minimum atomic E-state index is -0.722. The molecule has 0 aliphatic rings. The molecule has 4 aromatic rings. The third-order valence-electron chi connectivity index (χ3n) is 5.30. The van der Waals surface area contributed by atoms with E-state index in [2.05, 4.69) is 16.0 Å². The number of amides is 3. The van der Waals surface area contributed by atoms with Crippen LogP contribution in [0.2, 0.25) is 0 Å². The molecule has 0 aliphatic carbocycles. The van der Waals surface area contributed by atoms with Gasteiger partial charge in [0.05, 0.1) is 0 Å². The first-order valence-electron chi connectivity index (χ1n) is 11.0. The molecule has 3 aromatic carbocycles. The zero-order valence-corrected chi connectivity index (χ0v) is 19.0. The van der Waals surface area contributed by atoms with E-state index in [4.69, 9.17) is 4.42 Å². The largest absolute Gasteiger partial charge is 0.422 e. The van der Waals surface area contributed by atoms with Crippen LogP contribution in [0.25, 0.3) is 11.0 Å². The number of hydrogen-bond donors (Lipinski definition) is 3. The third-order valence-corrected chi connectivity index (χ3v) is 5.30. The lowest BCUT2D eigenvalue weighted by molar-refractivity contribution is 0.0925. The van der Waals surface area contributed by atoms with Crippen molar-refractivity contribution in [3.8, 4) is 0 Å². The van der Waals surface area contributed by atoms with Gasteiger partial charge in [-0.05, 0) is 55.5 Å². The number of nitrogens with one attached hydrogen (secondary N) is 3. The number of fused-ring (bicyclic) bond motifs is 1. The van der Waals surface area contributed by atoms with Crippen molar-refractivity contribution in [2.75, 3.05) is 18.4 Å². The van der Waals surface area contributed by atoms with Gasteiger partial charge in [0.15, 0.2) is 0 Å². The summed E-state index contributed by atoms with van der Waals surface area (Å²) in [5, 5.41) is 8.73. The zero-order chi connectivity index (χ0) is 24.8. The predicted molar refractivity (Wildman–Crippen MR) is 133 cm³/mol. The monoisotopic (exact) mass is 469 g/mol. The molecule has 0 unspecified atom stereocenters. The van der Waals surface area contributed by atoms with Gasteiger partial charge in [-0.1, -0.05) is 35.9 Å². The van der Waals surface area contributed by atoms with Gasteiger partial charge in [-0.2, -0.15) is 0 Å². The molecule has 0 spiro atoms. The highest BCUT2D eigenvalue weighted by atomic mass is 16.4. The molecular weight excluding hydrogens is 446 g/mol.